The number of hydrogen-bond acceptors (Lipinski definition) is 2. The predicted molar refractivity (Wildman–Crippen MR) is 80.4 cm³/mol. The summed E-state index contributed by atoms with van der Waals surface area (Å²) in [6, 6.07) is 10.1. The summed E-state index contributed by atoms with van der Waals surface area (Å²) in [5, 5.41) is 6.73. The molecule has 1 aromatic heterocycles. The number of amides is 1. The summed E-state index contributed by atoms with van der Waals surface area (Å²) in [7, 11) is 0. The maximum absolute atomic E-state index is 9.45. The number of carbonyl (C=O) groups excluding carboxylic acids is 1. The molecule has 0 saturated carbocycles. The van der Waals surface area contributed by atoms with E-state index in [2.05, 4.69) is 26.3 Å². The molecule has 0 radical (unpaired) electrons. The molecule has 102 valence electrons. The Morgan fingerprint density at radius 3 is 2.42 bits per heavy atom. The summed E-state index contributed by atoms with van der Waals surface area (Å²) < 4.78 is 2.99. The Labute approximate surface area is 122 Å². The molecule has 1 aromatic carbocycles. The van der Waals surface area contributed by atoms with Crippen molar-refractivity contribution in [1.29, 1.82) is 0 Å². The second-order valence-corrected chi connectivity index (χ2v) is 4.85. The number of nitrogens with one attached hydrogen (secondary N) is 1. The van der Waals surface area contributed by atoms with Gasteiger partial charge in [-0.15, -0.1) is 0 Å². The van der Waals surface area contributed by atoms with Gasteiger partial charge in [0.25, 0.3) is 0 Å². The average Bonchev–Trinajstić information content (AvgIpc) is 2.84. The maximum atomic E-state index is 9.45. The maximum Gasteiger partial charge on any atom is 0.207 e. The topological polar surface area (TPSA) is 46.9 Å². The van der Waals surface area contributed by atoms with Crippen LogP contribution in [0.15, 0.2) is 41.0 Å². The third-order valence-corrected chi connectivity index (χ3v) is 2.91. The first-order valence-corrected chi connectivity index (χ1v) is 6.92. The standard InChI is InChI=1S/C10H9BrN2.C4H9NO/c1-8-6-7-12-13(8)10-4-2-9(11)3-5-10;1-2-3-5-4-6/h2-7H,1H3;4H,2-3H2,1H3,(H,5,6). The molecule has 0 atom stereocenters. The van der Waals surface area contributed by atoms with Crippen LogP contribution in [0.4, 0.5) is 0 Å². The van der Waals surface area contributed by atoms with Crippen molar-refractivity contribution >= 4 is 22.3 Å². The highest BCUT2D eigenvalue weighted by molar-refractivity contribution is 9.10. The van der Waals surface area contributed by atoms with E-state index < -0.39 is 0 Å². The Bertz CT molecular complexity index is 494. The highest BCUT2D eigenvalue weighted by atomic mass is 79.9. The van der Waals surface area contributed by atoms with E-state index in [1.54, 1.807) is 6.20 Å². The van der Waals surface area contributed by atoms with Crippen molar-refractivity contribution in [2.75, 3.05) is 6.54 Å². The Hall–Kier alpha value is -1.62. The van der Waals surface area contributed by atoms with Crippen molar-refractivity contribution in [3.05, 3.63) is 46.7 Å². The number of carbonyl (C=O) groups is 1. The monoisotopic (exact) mass is 323 g/mol. The van der Waals surface area contributed by atoms with E-state index in [-0.39, 0.29) is 0 Å². The zero-order chi connectivity index (χ0) is 14.1. The Morgan fingerprint density at radius 2 is 2.00 bits per heavy atom. The molecule has 0 aliphatic rings. The van der Waals surface area contributed by atoms with Gasteiger partial charge in [-0.1, -0.05) is 22.9 Å². The molecule has 0 saturated heterocycles. The number of hydrogen-bond donors (Lipinski definition) is 1. The summed E-state index contributed by atoms with van der Waals surface area (Å²) in [5.74, 6) is 0. The first-order valence-electron chi connectivity index (χ1n) is 6.12. The number of halogens is 1. The lowest BCUT2D eigenvalue weighted by Crippen LogP contribution is -2.10. The predicted octanol–water partition coefficient (Wildman–Crippen LogP) is 3.09. The fourth-order valence-corrected chi connectivity index (χ4v) is 1.69. The smallest absolute Gasteiger partial charge is 0.207 e. The summed E-state index contributed by atoms with van der Waals surface area (Å²) in [6.45, 7) is 4.84. The van der Waals surface area contributed by atoms with Gasteiger partial charge in [-0.2, -0.15) is 5.10 Å². The van der Waals surface area contributed by atoms with E-state index in [1.807, 2.05) is 48.9 Å². The second-order valence-electron chi connectivity index (χ2n) is 3.93. The zero-order valence-corrected chi connectivity index (χ0v) is 12.7. The Kier molecular flexibility index (Phi) is 6.89. The van der Waals surface area contributed by atoms with Crippen LogP contribution < -0.4 is 5.32 Å². The minimum Gasteiger partial charge on any atom is -0.359 e. The Balaban J connectivity index is 0.000000258. The molecular weight excluding hydrogens is 306 g/mol. The van der Waals surface area contributed by atoms with Gasteiger partial charge in [-0.3, -0.25) is 4.79 Å². The van der Waals surface area contributed by atoms with Crippen LogP contribution in [0.2, 0.25) is 0 Å². The highest BCUT2D eigenvalue weighted by Crippen LogP contribution is 2.14. The fourth-order valence-electron chi connectivity index (χ4n) is 1.43. The van der Waals surface area contributed by atoms with Crippen LogP contribution in [0.1, 0.15) is 19.0 Å². The molecule has 0 spiro atoms. The number of nitrogens with zero attached hydrogens (tertiary/aromatic N) is 2. The van der Waals surface area contributed by atoms with Crippen molar-refractivity contribution in [2.45, 2.75) is 20.3 Å². The van der Waals surface area contributed by atoms with Gasteiger partial charge < -0.3 is 5.32 Å². The molecule has 4 nitrogen and oxygen atoms in total. The summed E-state index contributed by atoms with van der Waals surface area (Å²) in [6.07, 6.45) is 3.53. The van der Waals surface area contributed by atoms with Crippen molar-refractivity contribution < 1.29 is 4.79 Å². The Morgan fingerprint density at radius 1 is 1.32 bits per heavy atom. The number of rotatable bonds is 4. The first kappa shape index (κ1) is 15.4. The van der Waals surface area contributed by atoms with E-state index in [1.165, 1.54) is 0 Å². The second kappa shape index (κ2) is 8.48. The normalized spacial score (nSPS) is 9.42. The molecule has 0 unspecified atom stereocenters. The van der Waals surface area contributed by atoms with Crippen LogP contribution in [0.25, 0.3) is 5.69 Å². The lowest BCUT2D eigenvalue weighted by atomic mass is 10.3. The SMILES string of the molecule is CCCNC=O.Cc1ccnn1-c1ccc(Br)cc1. The quantitative estimate of drug-likeness (QED) is 0.694. The van der Waals surface area contributed by atoms with Crippen molar-refractivity contribution in [3.8, 4) is 5.69 Å². The van der Waals surface area contributed by atoms with Crippen LogP contribution in [0.5, 0.6) is 0 Å². The minimum absolute atomic E-state index is 0.712. The lowest BCUT2D eigenvalue weighted by Gasteiger charge is -2.03. The van der Waals surface area contributed by atoms with Crippen molar-refractivity contribution in [3.63, 3.8) is 0 Å². The van der Waals surface area contributed by atoms with Gasteiger partial charge in [-0.05, 0) is 43.7 Å². The van der Waals surface area contributed by atoms with Gasteiger partial charge in [0.15, 0.2) is 0 Å². The molecule has 0 fully saturated rings. The number of aryl methyl sites for hydroxylation is 1. The summed E-state index contributed by atoms with van der Waals surface area (Å²) >= 11 is 3.40. The van der Waals surface area contributed by atoms with Gasteiger partial charge in [-0.25, -0.2) is 4.68 Å². The number of benzene rings is 1. The molecule has 2 rings (SSSR count). The van der Waals surface area contributed by atoms with Gasteiger partial charge >= 0.3 is 0 Å². The summed E-state index contributed by atoms with van der Waals surface area (Å²) in [4.78, 5) is 9.45. The largest absolute Gasteiger partial charge is 0.359 e. The van der Waals surface area contributed by atoms with E-state index in [4.69, 9.17) is 0 Å². The zero-order valence-electron chi connectivity index (χ0n) is 11.1. The minimum atomic E-state index is 0.712. The lowest BCUT2D eigenvalue weighted by molar-refractivity contribution is -0.109. The molecule has 0 aliphatic heterocycles. The summed E-state index contributed by atoms with van der Waals surface area (Å²) in [5.41, 5.74) is 2.23. The van der Waals surface area contributed by atoms with Gasteiger partial charge in [0.1, 0.15) is 0 Å². The van der Waals surface area contributed by atoms with E-state index >= 15 is 0 Å². The highest BCUT2D eigenvalue weighted by Gasteiger charge is 1.98. The molecule has 0 aliphatic carbocycles. The fraction of sp³-hybridized carbons (Fsp3) is 0.286. The van der Waals surface area contributed by atoms with Crippen molar-refractivity contribution in [1.82, 2.24) is 15.1 Å². The van der Waals surface area contributed by atoms with Crippen LogP contribution in [-0.2, 0) is 4.79 Å². The number of aromatic nitrogens is 2. The average molecular weight is 324 g/mol. The van der Waals surface area contributed by atoms with Gasteiger partial charge in [0, 0.05) is 22.9 Å². The molecule has 0 bridgehead atoms. The van der Waals surface area contributed by atoms with E-state index in [0.29, 0.717) is 6.41 Å². The van der Waals surface area contributed by atoms with Crippen LogP contribution >= 0.6 is 15.9 Å². The third kappa shape index (κ3) is 5.26. The van der Waals surface area contributed by atoms with Crippen LogP contribution in [0.3, 0.4) is 0 Å². The van der Waals surface area contributed by atoms with E-state index in [0.717, 1.165) is 28.8 Å². The molecule has 2 aromatic rings. The van der Waals surface area contributed by atoms with Gasteiger partial charge in [0.05, 0.1) is 5.69 Å². The molecule has 19 heavy (non-hydrogen) atoms. The van der Waals surface area contributed by atoms with Crippen LogP contribution in [-0.4, -0.2) is 22.7 Å². The molecule has 1 amide bonds. The molecule has 5 heteroatoms. The van der Waals surface area contributed by atoms with Crippen LogP contribution in [0, 0.1) is 6.92 Å². The molecule has 1 heterocycles. The third-order valence-electron chi connectivity index (χ3n) is 2.38. The molecule has 1 N–H and O–H groups in total. The van der Waals surface area contributed by atoms with Crippen molar-refractivity contribution in [2.24, 2.45) is 0 Å². The molecular formula is C14H18BrN3O. The van der Waals surface area contributed by atoms with Gasteiger partial charge in [0.2, 0.25) is 6.41 Å². The first-order chi connectivity index (χ1) is 9.19. The van der Waals surface area contributed by atoms with E-state index in [9.17, 15) is 4.79 Å².